The second-order valence-corrected chi connectivity index (χ2v) is 9.12. The Morgan fingerprint density at radius 1 is 1.13 bits per heavy atom. The average molecular weight is 503 g/mol. The fourth-order valence-corrected chi connectivity index (χ4v) is 4.22. The van der Waals surface area contributed by atoms with Crippen LogP contribution in [0.25, 0.3) is 5.69 Å². The van der Waals surface area contributed by atoms with Gasteiger partial charge in [0.2, 0.25) is 0 Å². The highest BCUT2D eigenvalue weighted by Crippen LogP contribution is 2.19. The second-order valence-electron chi connectivity index (χ2n) is 7.77. The Hall–Kier alpha value is -2.28. The maximum atomic E-state index is 12.2. The highest BCUT2D eigenvalue weighted by molar-refractivity contribution is 9.10. The molecule has 0 spiro atoms. The van der Waals surface area contributed by atoms with Crippen molar-refractivity contribution in [1.82, 2.24) is 14.8 Å². The van der Waals surface area contributed by atoms with Crippen molar-refractivity contribution in [3.63, 3.8) is 0 Å². The van der Waals surface area contributed by atoms with Crippen LogP contribution in [0.2, 0.25) is 5.02 Å². The van der Waals surface area contributed by atoms with Crippen LogP contribution in [0.15, 0.2) is 71.5 Å². The van der Waals surface area contributed by atoms with Crippen LogP contribution >= 0.6 is 27.5 Å². The molecule has 0 atom stereocenters. The maximum Gasteiger partial charge on any atom is 0.258 e. The number of ether oxygens (including phenoxy) is 1. The number of carbonyl (C=O) groups excluding carboxylic acids is 1. The van der Waals surface area contributed by atoms with Crippen molar-refractivity contribution in [2.45, 2.75) is 25.4 Å². The van der Waals surface area contributed by atoms with E-state index in [0.717, 1.165) is 42.6 Å². The molecule has 1 amide bonds. The van der Waals surface area contributed by atoms with E-state index in [-0.39, 0.29) is 18.6 Å². The van der Waals surface area contributed by atoms with Crippen LogP contribution < -0.4 is 10.1 Å². The molecule has 31 heavy (non-hydrogen) atoms. The van der Waals surface area contributed by atoms with E-state index in [9.17, 15) is 4.79 Å². The van der Waals surface area contributed by atoms with Gasteiger partial charge in [-0.1, -0.05) is 33.6 Å². The third-order valence-electron chi connectivity index (χ3n) is 5.40. The van der Waals surface area contributed by atoms with Crippen LogP contribution in [0.4, 0.5) is 0 Å². The Morgan fingerprint density at radius 2 is 1.90 bits per heavy atom. The van der Waals surface area contributed by atoms with E-state index in [0.29, 0.717) is 10.8 Å². The first-order valence-corrected chi connectivity index (χ1v) is 11.6. The number of hydrogen-bond donors (Lipinski definition) is 1. The maximum absolute atomic E-state index is 12.2. The molecule has 4 rings (SSSR count). The summed E-state index contributed by atoms with van der Waals surface area (Å²) in [6, 6.07) is 17.7. The Morgan fingerprint density at radius 3 is 2.65 bits per heavy atom. The number of piperidine rings is 1. The summed E-state index contributed by atoms with van der Waals surface area (Å²) >= 11 is 9.41. The minimum Gasteiger partial charge on any atom is -0.484 e. The standard InChI is InChI=1S/C24H25BrClN3O2/c25-19-4-6-22(7-5-19)29-13-8-18(16-29)15-28-11-9-21(10-12-28)27-24(30)17-31-23-3-1-2-20(26)14-23/h1-8,13-14,16,21H,9-12,15,17H2,(H,27,30). The van der Waals surface area contributed by atoms with E-state index >= 15 is 0 Å². The van der Waals surface area contributed by atoms with Crippen LogP contribution in [0.3, 0.4) is 0 Å². The van der Waals surface area contributed by atoms with Crippen LogP contribution in [0.1, 0.15) is 18.4 Å². The topological polar surface area (TPSA) is 46.5 Å². The molecule has 0 bridgehead atoms. The molecule has 1 N–H and O–H groups in total. The number of likely N-dealkylation sites (tertiary alicyclic amines) is 1. The summed E-state index contributed by atoms with van der Waals surface area (Å²) in [7, 11) is 0. The second kappa shape index (κ2) is 10.4. The third-order valence-corrected chi connectivity index (χ3v) is 6.17. The number of halogens is 2. The molecule has 1 aliphatic rings. The molecule has 0 aliphatic carbocycles. The summed E-state index contributed by atoms with van der Waals surface area (Å²) in [6.07, 6.45) is 6.17. The Kier molecular flexibility index (Phi) is 7.33. The van der Waals surface area contributed by atoms with Gasteiger partial charge in [-0.3, -0.25) is 9.69 Å². The van der Waals surface area contributed by atoms with Gasteiger partial charge in [0.1, 0.15) is 5.75 Å². The number of nitrogens with zero attached hydrogens (tertiary/aromatic N) is 2. The van der Waals surface area contributed by atoms with Crippen molar-refractivity contribution in [3.8, 4) is 11.4 Å². The van der Waals surface area contributed by atoms with Gasteiger partial charge in [0, 0.05) is 53.3 Å². The summed E-state index contributed by atoms with van der Waals surface area (Å²) in [4.78, 5) is 14.6. The number of hydrogen-bond acceptors (Lipinski definition) is 3. The molecule has 2 heterocycles. The van der Waals surface area contributed by atoms with Crippen molar-refractivity contribution in [2.75, 3.05) is 19.7 Å². The molecule has 7 heteroatoms. The van der Waals surface area contributed by atoms with E-state index in [1.807, 2.05) is 12.1 Å². The van der Waals surface area contributed by atoms with Gasteiger partial charge in [-0.05, 0) is 66.9 Å². The molecule has 1 aliphatic heterocycles. The lowest BCUT2D eigenvalue weighted by Gasteiger charge is -2.32. The fourth-order valence-electron chi connectivity index (χ4n) is 3.78. The van der Waals surface area contributed by atoms with Gasteiger partial charge in [0.05, 0.1) is 0 Å². The van der Waals surface area contributed by atoms with E-state index in [4.69, 9.17) is 16.3 Å². The highest BCUT2D eigenvalue weighted by atomic mass is 79.9. The smallest absolute Gasteiger partial charge is 0.258 e. The van der Waals surface area contributed by atoms with Gasteiger partial charge >= 0.3 is 0 Å². The number of carbonyl (C=O) groups is 1. The monoisotopic (exact) mass is 501 g/mol. The van der Waals surface area contributed by atoms with Gasteiger partial charge in [0.15, 0.2) is 6.61 Å². The van der Waals surface area contributed by atoms with E-state index in [1.165, 1.54) is 5.56 Å². The van der Waals surface area contributed by atoms with E-state index in [2.05, 4.69) is 61.3 Å². The summed E-state index contributed by atoms with van der Waals surface area (Å²) in [5, 5.41) is 3.68. The predicted molar refractivity (Wildman–Crippen MR) is 127 cm³/mol. The van der Waals surface area contributed by atoms with Gasteiger partial charge in [0.25, 0.3) is 5.91 Å². The largest absolute Gasteiger partial charge is 0.484 e. The van der Waals surface area contributed by atoms with Crippen LogP contribution in [-0.4, -0.2) is 41.1 Å². The zero-order chi connectivity index (χ0) is 21.6. The van der Waals surface area contributed by atoms with Crippen molar-refractivity contribution in [3.05, 3.63) is 82.0 Å². The van der Waals surface area contributed by atoms with E-state index in [1.54, 1.807) is 24.3 Å². The van der Waals surface area contributed by atoms with Crippen LogP contribution in [-0.2, 0) is 11.3 Å². The molecule has 2 aromatic carbocycles. The Labute approximate surface area is 196 Å². The van der Waals surface area contributed by atoms with Gasteiger partial charge in [-0.2, -0.15) is 0 Å². The molecule has 0 unspecified atom stereocenters. The summed E-state index contributed by atoms with van der Waals surface area (Å²) in [5.41, 5.74) is 2.44. The average Bonchev–Trinajstić information content (AvgIpc) is 3.23. The number of nitrogens with one attached hydrogen (secondary N) is 1. The Balaban J connectivity index is 1.20. The fraction of sp³-hybridized carbons (Fsp3) is 0.292. The van der Waals surface area contributed by atoms with Crippen LogP contribution in [0.5, 0.6) is 5.75 Å². The molecule has 0 radical (unpaired) electrons. The molecule has 1 aromatic heterocycles. The zero-order valence-corrected chi connectivity index (χ0v) is 19.5. The zero-order valence-electron chi connectivity index (χ0n) is 17.1. The van der Waals surface area contributed by atoms with Gasteiger partial charge in [-0.25, -0.2) is 0 Å². The number of amides is 1. The number of benzene rings is 2. The molecule has 1 fully saturated rings. The SMILES string of the molecule is O=C(COc1cccc(Cl)c1)NC1CCN(Cc2ccn(-c3ccc(Br)cc3)c2)CC1. The quantitative estimate of drug-likeness (QED) is 0.492. The first-order chi connectivity index (χ1) is 15.0. The lowest BCUT2D eigenvalue weighted by atomic mass is 10.0. The summed E-state index contributed by atoms with van der Waals surface area (Å²) < 4.78 is 8.75. The molecule has 3 aromatic rings. The predicted octanol–water partition coefficient (Wildman–Crippen LogP) is 5.05. The van der Waals surface area contributed by atoms with Crippen molar-refractivity contribution in [2.24, 2.45) is 0 Å². The van der Waals surface area contributed by atoms with Crippen molar-refractivity contribution in [1.29, 1.82) is 0 Å². The van der Waals surface area contributed by atoms with Gasteiger partial charge < -0.3 is 14.6 Å². The van der Waals surface area contributed by atoms with Crippen molar-refractivity contribution < 1.29 is 9.53 Å². The lowest BCUT2D eigenvalue weighted by molar-refractivity contribution is -0.124. The summed E-state index contributed by atoms with van der Waals surface area (Å²) in [6.45, 7) is 2.85. The minimum absolute atomic E-state index is 0.00410. The molecule has 0 saturated carbocycles. The van der Waals surface area contributed by atoms with Crippen LogP contribution in [0, 0.1) is 0 Å². The highest BCUT2D eigenvalue weighted by Gasteiger charge is 2.21. The van der Waals surface area contributed by atoms with Crippen molar-refractivity contribution >= 4 is 33.4 Å². The lowest BCUT2D eigenvalue weighted by Crippen LogP contribution is -2.45. The van der Waals surface area contributed by atoms with E-state index < -0.39 is 0 Å². The first kappa shape index (κ1) is 21.9. The molecular weight excluding hydrogens is 478 g/mol. The normalized spacial score (nSPS) is 15.0. The van der Waals surface area contributed by atoms with Gasteiger partial charge in [-0.15, -0.1) is 0 Å². The summed E-state index contributed by atoms with van der Waals surface area (Å²) in [5.74, 6) is 0.512. The minimum atomic E-state index is -0.0926. The Bertz CT molecular complexity index is 1010. The number of aromatic nitrogens is 1. The first-order valence-electron chi connectivity index (χ1n) is 10.4. The molecular formula is C24H25BrClN3O2. The molecule has 1 saturated heterocycles. The number of rotatable bonds is 7. The third kappa shape index (κ3) is 6.35. The molecule has 5 nitrogen and oxygen atoms in total. The molecule has 162 valence electrons.